The van der Waals surface area contributed by atoms with Gasteiger partial charge in [-0.2, -0.15) is 0 Å². The third kappa shape index (κ3) is 4.05. The van der Waals surface area contributed by atoms with Gasteiger partial charge in [-0.25, -0.2) is 4.98 Å². The molecule has 0 radical (unpaired) electrons. The minimum atomic E-state index is 0.141. The Hall–Kier alpha value is -3.06. The van der Waals surface area contributed by atoms with Crippen LogP contribution < -0.4 is 10.5 Å². The first-order valence-corrected chi connectivity index (χ1v) is 10.0. The summed E-state index contributed by atoms with van der Waals surface area (Å²) in [6.07, 6.45) is 1.93. The molecular weight excluding hydrogens is 366 g/mol. The molecule has 29 heavy (non-hydrogen) atoms. The molecular formula is C22H27N5O2. The molecule has 4 rings (SSSR count). The Labute approximate surface area is 170 Å². The highest BCUT2D eigenvalue weighted by molar-refractivity contribution is 5.73. The normalized spacial score (nSPS) is 15.0. The minimum absolute atomic E-state index is 0.141. The highest BCUT2D eigenvalue weighted by atomic mass is 16.5. The first kappa shape index (κ1) is 19.3. The van der Waals surface area contributed by atoms with Crippen molar-refractivity contribution in [3.05, 3.63) is 48.3 Å². The number of imidazole rings is 1. The van der Waals surface area contributed by atoms with E-state index in [1.807, 2.05) is 54.4 Å². The van der Waals surface area contributed by atoms with Crippen LogP contribution >= 0.6 is 0 Å². The van der Waals surface area contributed by atoms with E-state index in [1.165, 1.54) is 0 Å². The Morgan fingerprint density at radius 2 is 1.83 bits per heavy atom. The van der Waals surface area contributed by atoms with Crippen molar-refractivity contribution >= 4 is 17.2 Å². The predicted octanol–water partition coefficient (Wildman–Crippen LogP) is 2.65. The van der Waals surface area contributed by atoms with Crippen LogP contribution in [0, 0.1) is 0 Å². The molecule has 7 nitrogen and oxygen atoms in total. The molecule has 0 spiro atoms. The molecule has 0 unspecified atom stereocenters. The first-order valence-electron chi connectivity index (χ1n) is 10.0. The number of benzene rings is 1. The molecule has 0 saturated carbocycles. The average molecular weight is 393 g/mol. The molecule has 152 valence electrons. The molecule has 1 aromatic carbocycles. The van der Waals surface area contributed by atoms with Gasteiger partial charge >= 0.3 is 0 Å². The van der Waals surface area contributed by atoms with Crippen molar-refractivity contribution in [2.24, 2.45) is 0 Å². The average Bonchev–Trinajstić information content (AvgIpc) is 3.07. The zero-order valence-electron chi connectivity index (χ0n) is 17.0. The van der Waals surface area contributed by atoms with Crippen LogP contribution in [0.4, 0.5) is 5.69 Å². The van der Waals surface area contributed by atoms with Gasteiger partial charge in [0.25, 0.3) is 0 Å². The fourth-order valence-corrected chi connectivity index (χ4v) is 3.80. The van der Waals surface area contributed by atoms with Gasteiger partial charge in [0.15, 0.2) is 0 Å². The zero-order valence-corrected chi connectivity index (χ0v) is 17.0. The number of fused-ring (bicyclic) bond motifs is 1. The van der Waals surface area contributed by atoms with Crippen molar-refractivity contribution < 1.29 is 9.53 Å². The Kier molecular flexibility index (Phi) is 5.40. The second-order valence-corrected chi connectivity index (χ2v) is 7.34. The number of piperazine rings is 1. The number of nitrogens with zero attached hydrogens (tertiary/aromatic N) is 4. The van der Waals surface area contributed by atoms with E-state index in [1.54, 1.807) is 6.92 Å². The Morgan fingerprint density at radius 3 is 2.48 bits per heavy atom. The van der Waals surface area contributed by atoms with Gasteiger partial charge in [-0.05, 0) is 43.3 Å². The van der Waals surface area contributed by atoms with E-state index in [0.29, 0.717) is 12.3 Å². The quantitative estimate of drug-likeness (QED) is 0.721. The molecule has 1 fully saturated rings. The van der Waals surface area contributed by atoms with Gasteiger partial charge in [-0.3, -0.25) is 9.69 Å². The lowest BCUT2D eigenvalue weighted by Gasteiger charge is -2.34. The minimum Gasteiger partial charge on any atom is -0.494 e. The third-order valence-corrected chi connectivity index (χ3v) is 5.37. The number of carbonyl (C=O) groups excluding carboxylic acids is 1. The lowest BCUT2D eigenvalue weighted by Crippen LogP contribution is -2.47. The molecule has 1 aliphatic heterocycles. The SMILES string of the molecule is CCOc1ccc(-c2nc3ccc(N)cn3c2CN2CCN(C(C)=O)CC2)cc1. The highest BCUT2D eigenvalue weighted by Crippen LogP contribution is 2.28. The highest BCUT2D eigenvalue weighted by Gasteiger charge is 2.22. The fourth-order valence-electron chi connectivity index (χ4n) is 3.80. The second kappa shape index (κ2) is 8.13. The summed E-state index contributed by atoms with van der Waals surface area (Å²) in [4.78, 5) is 20.8. The summed E-state index contributed by atoms with van der Waals surface area (Å²) in [5.41, 5.74) is 10.7. The molecule has 3 aromatic rings. The molecule has 2 aromatic heterocycles. The number of aromatic nitrogens is 2. The summed E-state index contributed by atoms with van der Waals surface area (Å²) in [6.45, 7) is 8.20. The molecule has 1 saturated heterocycles. The number of rotatable bonds is 5. The van der Waals surface area contributed by atoms with Crippen molar-refractivity contribution in [3.8, 4) is 17.0 Å². The van der Waals surface area contributed by atoms with Crippen LogP contribution in [0.15, 0.2) is 42.6 Å². The van der Waals surface area contributed by atoms with Crippen LogP contribution in [0.25, 0.3) is 16.9 Å². The van der Waals surface area contributed by atoms with Crippen LogP contribution in [0.3, 0.4) is 0 Å². The number of nitrogens with two attached hydrogens (primary N) is 1. The van der Waals surface area contributed by atoms with Gasteiger partial charge in [0.05, 0.1) is 18.0 Å². The zero-order chi connectivity index (χ0) is 20.4. The molecule has 0 aliphatic carbocycles. The number of carbonyl (C=O) groups is 1. The predicted molar refractivity (Wildman–Crippen MR) is 114 cm³/mol. The summed E-state index contributed by atoms with van der Waals surface area (Å²) >= 11 is 0. The van der Waals surface area contributed by atoms with Gasteiger partial charge in [-0.15, -0.1) is 0 Å². The molecule has 0 bridgehead atoms. The van der Waals surface area contributed by atoms with Gasteiger partial charge < -0.3 is 19.8 Å². The Balaban J connectivity index is 1.67. The van der Waals surface area contributed by atoms with Gasteiger partial charge in [0.2, 0.25) is 5.91 Å². The maximum atomic E-state index is 11.6. The van der Waals surface area contributed by atoms with Crippen LogP contribution in [0.2, 0.25) is 0 Å². The van der Waals surface area contributed by atoms with Crippen LogP contribution in [0.5, 0.6) is 5.75 Å². The smallest absolute Gasteiger partial charge is 0.219 e. The van der Waals surface area contributed by atoms with Crippen LogP contribution in [-0.2, 0) is 11.3 Å². The molecule has 1 aliphatic rings. The number of pyridine rings is 1. The summed E-state index contributed by atoms with van der Waals surface area (Å²) in [5, 5.41) is 0. The van der Waals surface area contributed by atoms with Crippen molar-refractivity contribution in [1.82, 2.24) is 19.2 Å². The van der Waals surface area contributed by atoms with E-state index >= 15 is 0 Å². The van der Waals surface area contributed by atoms with Gasteiger partial charge in [-0.1, -0.05) is 0 Å². The summed E-state index contributed by atoms with van der Waals surface area (Å²) in [5.74, 6) is 0.994. The largest absolute Gasteiger partial charge is 0.494 e. The van der Waals surface area contributed by atoms with Gasteiger partial charge in [0.1, 0.15) is 11.4 Å². The Morgan fingerprint density at radius 1 is 1.10 bits per heavy atom. The van der Waals surface area contributed by atoms with Crippen molar-refractivity contribution in [2.45, 2.75) is 20.4 Å². The number of hydrogen-bond donors (Lipinski definition) is 1. The second-order valence-electron chi connectivity index (χ2n) is 7.34. The summed E-state index contributed by atoms with van der Waals surface area (Å²) in [7, 11) is 0. The first-order chi connectivity index (χ1) is 14.0. The van der Waals surface area contributed by atoms with Gasteiger partial charge in [0, 0.05) is 57.1 Å². The number of hydrogen-bond acceptors (Lipinski definition) is 5. The maximum Gasteiger partial charge on any atom is 0.219 e. The maximum absolute atomic E-state index is 11.6. The van der Waals surface area contributed by atoms with E-state index < -0.39 is 0 Å². The molecule has 1 amide bonds. The summed E-state index contributed by atoms with van der Waals surface area (Å²) < 4.78 is 7.65. The van der Waals surface area contributed by atoms with Crippen molar-refractivity contribution in [2.75, 3.05) is 38.5 Å². The summed E-state index contributed by atoms with van der Waals surface area (Å²) in [6, 6.07) is 11.9. The van der Waals surface area contributed by atoms with Crippen LogP contribution in [0.1, 0.15) is 19.5 Å². The number of ether oxygens (including phenoxy) is 1. The van der Waals surface area contributed by atoms with Crippen molar-refractivity contribution in [1.29, 1.82) is 0 Å². The van der Waals surface area contributed by atoms with E-state index in [4.69, 9.17) is 15.5 Å². The number of anilines is 1. The lowest BCUT2D eigenvalue weighted by molar-refractivity contribution is -0.130. The topological polar surface area (TPSA) is 76.1 Å². The molecule has 0 atom stereocenters. The third-order valence-electron chi connectivity index (χ3n) is 5.37. The molecule has 3 heterocycles. The van der Waals surface area contributed by atoms with E-state index in [-0.39, 0.29) is 5.91 Å². The fraction of sp³-hybridized carbons (Fsp3) is 0.364. The van der Waals surface area contributed by atoms with E-state index in [0.717, 1.165) is 61.1 Å². The van der Waals surface area contributed by atoms with E-state index in [2.05, 4.69) is 9.30 Å². The number of nitrogen functional groups attached to an aromatic ring is 1. The number of amides is 1. The molecule has 7 heteroatoms. The Bertz CT molecular complexity index is 1000. The standard InChI is InChI=1S/C22H27N5O2/c1-3-29-19-7-4-17(5-8-19)22-20(27-14-18(23)6-9-21(27)24-22)15-25-10-12-26(13-11-25)16(2)28/h4-9,14H,3,10-13,15,23H2,1-2H3. The lowest BCUT2D eigenvalue weighted by atomic mass is 10.1. The van der Waals surface area contributed by atoms with Crippen molar-refractivity contribution in [3.63, 3.8) is 0 Å². The van der Waals surface area contributed by atoms with E-state index in [9.17, 15) is 4.79 Å². The van der Waals surface area contributed by atoms with Crippen LogP contribution in [-0.4, -0.2) is 57.9 Å². The molecule has 2 N–H and O–H groups in total. The monoisotopic (exact) mass is 393 g/mol.